The zero-order chi connectivity index (χ0) is 18.6. The lowest BCUT2D eigenvalue weighted by Crippen LogP contribution is -2.19. The van der Waals surface area contributed by atoms with Crippen molar-refractivity contribution < 1.29 is 18.7 Å². The highest BCUT2D eigenvalue weighted by Crippen LogP contribution is 2.32. The smallest absolute Gasteiger partial charge is 0.244 e. The van der Waals surface area contributed by atoms with Gasteiger partial charge in [0.25, 0.3) is 0 Å². The van der Waals surface area contributed by atoms with Crippen molar-refractivity contribution in [3.8, 4) is 22.8 Å². The zero-order valence-electron chi connectivity index (χ0n) is 14.1. The molecule has 0 aliphatic carbocycles. The van der Waals surface area contributed by atoms with Gasteiger partial charge in [0.05, 0.1) is 12.6 Å². The molecule has 1 aliphatic heterocycles. The van der Waals surface area contributed by atoms with E-state index in [0.717, 1.165) is 11.1 Å². The number of nitrogens with one attached hydrogen (secondary N) is 1. The number of halogens is 1. The monoisotopic (exact) mass is 382 g/mol. The molecule has 0 saturated carbocycles. The van der Waals surface area contributed by atoms with Gasteiger partial charge in [-0.05, 0) is 54.1 Å². The molecule has 0 spiro atoms. The van der Waals surface area contributed by atoms with E-state index in [1.165, 1.54) is 6.21 Å². The second kappa shape index (κ2) is 7.55. The summed E-state index contributed by atoms with van der Waals surface area (Å²) in [6.45, 7) is 0.205. The lowest BCUT2D eigenvalue weighted by Gasteiger charge is -2.02. The quantitative estimate of drug-likeness (QED) is 0.534. The third-order valence-corrected chi connectivity index (χ3v) is 4.19. The summed E-state index contributed by atoms with van der Waals surface area (Å²) in [5.41, 5.74) is 4.21. The van der Waals surface area contributed by atoms with Crippen LogP contribution in [0.15, 0.2) is 64.1 Å². The number of hydrazone groups is 1. The lowest BCUT2D eigenvalue weighted by molar-refractivity contribution is -0.120. The van der Waals surface area contributed by atoms with Gasteiger partial charge in [0, 0.05) is 10.6 Å². The topological polar surface area (TPSA) is 73.1 Å². The van der Waals surface area contributed by atoms with Gasteiger partial charge in [-0.2, -0.15) is 5.10 Å². The van der Waals surface area contributed by atoms with Gasteiger partial charge in [0.1, 0.15) is 11.5 Å². The van der Waals surface area contributed by atoms with Crippen molar-refractivity contribution in [2.45, 2.75) is 6.42 Å². The van der Waals surface area contributed by atoms with Crippen LogP contribution in [0.3, 0.4) is 0 Å². The normalized spacial score (nSPS) is 12.5. The molecule has 0 atom stereocenters. The summed E-state index contributed by atoms with van der Waals surface area (Å²) < 4.78 is 16.2. The van der Waals surface area contributed by atoms with E-state index in [2.05, 4.69) is 10.5 Å². The minimum Gasteiger partial charge on any atom is -0.455 e. The Morgan fingerprint density at radius 3 is 2.74 bits per heavy atom. The van der Waals surface area contributed by atoms with Gasteiger partial charge in [0.15, 0.2) is 11.5 Å². The molecule has 2 heterocycles. The minimum absolute atomic E-state index is 0.183. The first-order valence-corrected chi connectivity index (χ1v) is 8.61. The van der Waals surface area contributed by atoms with Gasteiger partial charge in [0.2, 0.25) is 12.7 Å². The summed E-state index contributed by atoms with van der Waals surface area (Å²) in [5.74, 6) is 2.32. The number of hydrogen-bond donors (Lipinski definition) is 1. The number of ether oxygens (including phenoxy) is 2. The number of rotatable bonds is 5. The molecule has 1 N–H and O–H groups in total. The molecule has 0 unspecified atom stereocenters. The van der Waals surface area contributed by atoms with Crippen LogP contribution in [-0.2, 0) is 11.2 Å². The van der Waals surface area contributed by atoms with Crippen LogP contribution >= 0.6 is 11.6 Å². The van der Waals surface area contributed by atoms with Crippen molar-refractivity contribution in [1.29, 1.82) is 0 Å². The number of benzene rings is 2. The largest absolute Gasteiger partial charge is 0.455 e. The molecule has 1 aliphatic rings. The first-order chi connectivity index (χ1) is 13.2. The van der Waals surface area contributed by atoms with Gasteiger partial charge >= 0.3 is 0 Å². The van der Waals surface area contributed by atoms with Crippen LogP contribution < -0.4 is 14.9 Å². The van der Waals surface area contributed by atoms with Crippen LogP contribution in [-0.4, -0.2) is 18.9 Å². The van der Waals surface area contributed by atoms with Crippen LogP contribution in [0.4, 0.5) is 0 Å². The molecule has 4 rings (SSSR count). The van der Waals surface area contributed by atoms with E-state index in [4.69, 9.17) is 25.5 Å². The van der Waals surface area contributed by atoms with E-state index in [-0.39, 0.29) is 19.1 Å². The second-order valence-electron chi connectivity index (χ2n) is 5.87. The van der Waals surface area contributed by atoms with Gasteiger partial charge in [-0.1, -0.05) is 17.7 Å². The third kappa shape index (κ3) is 4.12. The number of carbonyl (C=O) groups is 1. The predicted molar refractivity (Wildman–Crippen MR) is 101 cm³/mol. The number of nitrogens with zero attached hydrogens (tertiary/aromatic N) is 1. The Balaban J connectivity index is 1.34. The van der Waals surface area contributed by atoms with Crippen LogP contribution in [0.2, 0.25) is 5.02 Å². The molecule has 0 fully saturated rings. The van der Waals surface area contributed by atoms with Crippen molar-refractivity contribution in [3.63, 3.8) is 0 Å². The number of carbonyl (C=O) groups excluding carboxylic acids is 1. The Bertz CT molecular complexity index is 995. The van der Waals surface area contributed by atoms with Crippen molar-refractivity contribution in [2.24, 2.45) is 5.10 Å². The first-order valence-electron chi connectivity index (χ1n) is 8.23. The lowest BCUT2D eigenvalue weighted by atomic mass is 10.1. The summed E-state index contributed by atoms with van der Waals surface area (Å²) in [5, 5.41) is 4.60. The molecule has 6 nitrogen and oxygen atoms in total. The summed E-state index contributed by atoms with van der Waals surface area (Å²) >= 11 is 5.88. The fourth-order valence-electron chi connectivity index (χ4n) is 2.64. The maximum absolute atomic E-state index is 12.0. The van der Waals surface area contributed by atoms with E-state index >= 15 is 0 Å². The average Bonchev–Trinajstić information content (AvgIpc) is 3.31. The van der Waals surface area contributed by atoms with Crippen LogP contribution in [0.5, 0.6) is 11.5 Å². The van der Waals surface area contributed by atoms with E-state index in [1.54, 1.807) is 30.3 Å². The molecule has 27 heavy (non-hydrogen) atoms. The first kappa shape index (κ1) is 17.2. The van der Waals surface area contributed by atoms with Crippen LogP contribution in [0.1, 0.15) is 11.3 Å². The fourth-order valence-corrected chi connectivity index (χ4v) is 2.76. The van der Waals surface area contributed by atoms with Crippen molar-refractivity contribution >= 4 is 23.7 Å². The number of fused-ring (bicyclic) bond motifs is 1. The molecule has 3 aromatic rings. The predicted octanol–water partition coefficient (Wildman–Crippen LogP) is 4.02. The molecule has 0 bridgehead atoms. The molecular formula is C20H15ClN2O4. The molecule has 0 radical (unpaired) electrons. The van der Waals surface area contributed by atoms with E-state index in [0.29, 0.717) is 28.0 Å². The fraction of sp³-hybridized carbons (Fsp3) is 0.100. The molecule has 7 heteroatoms. The molecule has 1 amide bonds. The van der Waals surface area contributed by atoms with Gasteiger partial charge in [-0.15, -0.1) is 0 Å². The molecule has 1 aromatic heterocycles. The minimum atomic E-state index is -0.241. The van der Waals surface area contributed by atoms with E-state index in [9.17, 15) is 4.79 Å². The standard InChI is InChI=1S/C20H15ClN2O4/c21-15-4-2-14(3-5-15)17-8-6-16(27-17)11-22-23-20(24)10-13-1-7-18-19(9-13)26-12-25-18/h1-9,11H,10,12H2,(H,23,24)/b22-11-. The highest BCUT2D eigenvalue weighted by atomic mass is 35.5. The average molecular weight is 383 g/mol. The third-order valence-electron chi connectivity index (χ3n) is 3.94. The summed E-state index contributed by atoms with van der Waals surface area (Å²) in [6, 6.07) is 16.3. The number of furan rings is 1. The van der Waals surface area contributed by atoms with Crippen LogP contribution in [0.25, 0.3) is 11.3 Å². The molecular weight excluding hydrogens is 368 g/mol. The second-order valence-corrected chi connectivity index (χ2v) is 6.30. The Labute approximate surface area is 160 Å². The van der Waals surface area contributed by atoms with Crippen molar-refractivity contribution in [1.82, 2.24) is 5.43 Å². The van der Waals surface area contributed by atoms with Gasteiger partial charge in [-0.25, -0.2) is 5.43 Å². The SMILES string of the molecule is O=C(Cc1ccc2c(c1)OCO2)N/N=C\c1ccc(-c2ccc(Cl)cc2)o1. The molecule has 136 valence electrons. The summed E-state index contributed by atoms with van der Waals surface area (Å²) in [4.78, 5) is 12.0. The molecule has 2 aromatic carbocycles. The van der Waals surface area contributed by atoms with E-state index < -0.39 is 0 Å². The summed E-state index contributed by atoms with van der Waals surface area (Å²) in [7, 11) is 0. The van der Waals surface area contributed by atoms with E-state index in [1.807, 2.05) is 24.3 Å². The number of amides is 1. The maximum atomic E-state index is 12.0. The van der Waals surface area contributed by atoms with Gasteiger partial charge in [-0.3, -0.25) is 4.79 Å². The zero-order valence-corrected chi connectivity index (χ0v) is 14.9. The maximum Gasteiger partial charge on any atom is 0.244 e. The summed E-state index contributed by atoms with van der Waals surface area (Å²) in [6.07, 6.45) is 1.64. The number of hydrogen-bond acceptors (Lipinski definition) is 5. The van der Waals surface area contributed by atoms with Crippen molar-refractivity contribution in [3.05, 3.63) is 70.9 Å². The Kier molecular flexibility index (Phi) is 4.80. The highest BCUT2D eigenvalue weighted by molar-refractivity contribution is 6.30. The van der Waals surface area contributed by atoms with Gasteiger partial charge < -0.3 is 13.9 Å². The van der Waals surface area contributed by atoms with Crippen molar-refractivity contribution in [2.75, 3.05) is 6.79 Å². The molecule has 0 saturated heterocycles. The Hall–Kier alpha value is -3.25. The Morgan fingerprint density at radius 2 is 1.89 bits per heavy atom. The van der Waals surface area contributed by atoms with Crippen LogP contribution in [0, 0.1) is 0 Å². The highest BCUT2D eigenvalue weighted by Gasteiger charge is 2.14. The Morgan fingerprint density at radius 1 is 1.07 bits per heavy atom.